The molecule has 3 rings (SSSR count). The lowest BCUT2D eigenvalue weighted by Gasteiger charge is -2.06. The average molecular weight is 286 g/mol. The lowest BCUT2D eigenvalue weighted by molar-refractivity contribution is 0.493. The van der Waals surface area contributed by atoms with E-state index in [0.29, 0.717) is 18.7 Å². The van der Waals surface area contributed by atoms with Crippen LogP contribution in [0, 0.1) is 11.6 Å². The first kappa shape index (κ1) is 13.8. The van der Waals surface area contributed by atoms with Crippen LogP contribution in [0.1, 0.15) is 11.1 Å². The van der Waals surface area contributed by atoms with E-state index in [1.807, 2.05) is 24.4 Å². The van der Waals surface area contributed by atoms with E-state index in [0.717, 1.165) is 18.0 Å². The molecular formula is C17H16F2N2. The average Bonchev–Trinajstić information content (AvgIpc) is 2.91. The summed E-state index contributed by atoms with van der Waals surface area (Å²) in [4.78, 5) is 3.23. The van der Waals surface area contributed by atoms with Gasteiger partial charge in [-0.3, -0.25) is 0 Å². The smallest absolute Gasteiger partial charge is 0.163 e. The van der Waals surface area contributed by atoms with Crippen LogP contribution in [0.5, 0.6) is 0 Å². The van der Waals surface area contributed by atoms with Crippen LogP contribution in [0.25, 0.3) is 10.9 Å². The van der Waals surface area contributed by atoms with Crippen molar-refractivity contribution in [2.24, 2.45) is 0 Å². The zero-order valence-corrected chi connectivity index (χ0v) is 11.5. The molecule has 2 aromatic carbocycles. The monoisotopic (exact) mass is 286 g/mol. The Kier molecular flexibility index (Phi) is 3.97. The highest BCUT2D eigenvalue weighted by Crippen LogP contribution is 2.17. The van der Waals surface area contributed by atoms with Crippen molar-refractivity contribution >= 4 is 10.9 Å². The molecule has 0 fully saturated rings. The first-order chi connectivity index (χ1) is 10.3. The Hall–Kier alpha value is -2.20. The lowest BCUT2D eigenvalue weighted by Crippen LogP contribution is -2.17. The maximum atomic E-state index is 13.5. The summed E-state index contributed by atoms with van der Waals surface area (Å²) in [5.41, 5.74) is 2.69. The molecule has 3 aromatic rings. The van der Waals surface area contributed by atoms with Crippen LogP contribution in [-0.4, -0.2) is 11.5 Å². The summed E-state index contributed by atoms with van der Waals surface area (Å²) in [6.45, 7) is 1.03. The fraction of sp³-hybridized carbons (Fsp3) is 0.176. The molecule has 0 aliphatic carbocycles. The van der Waals surface area contributed by atoms with Gasteiger partial charge in [-0.1, -0.05) is 30.3 Å². The predicted molar refractivity (Wildman–Crippen MR) is 80.1 cm³/mol. The topological polar surface area (TPSA) is 27.8 Å². The summed E-state index contributed by atoms with van der Waals surface area (Å²) in [5.74, 6) is -1.57. The van der Waals surface area contributed by atoms with Gasteiger partial charge >= 0.3 is 0 Å². The van der Waals surface area contributed by atoms with Gasteiger partial charge in [0, 0.05) is 29.2 Å². The quantitative estimate of drug-likeness (QED) is 0.686. The number of hydrogen-bond donors (Lipinski definition) is 2. The molecule has 2 nitrogen and oxygen atoms in total. The molecule has 0 atom stereocenters. The van der Waals surface area contributed by atoms with Gasteiger partial charge < -0.3 is 10.3 Å². The molecule has 4 heteroatoms. The van der Waals surface area contributed by atoms with E-state index in [1.165, 1.54) is 17.0 Å². The summed E-state index contributed by atoms with van der Waals surface area (Å²) >= 11 is 0. The summed E-state index contributed by atoms with van der Waals surface area (Å²) in [6.07, 6.45) is 2.83. The van der Waals surface area contributed by atoms with Gasteiger partial charge in [-0.2, -0.15) is 0 Å². The SMILES string of the molecule is Fc1cccc(CNCCc2c[nH]c3ccccc23)c1F. The summed E-state index contributed by atoms with van der Waals surface area (Å²) in [5, 5.41) is 4.36. The normalized spacial score (nSPS) is 11.1. The predicted octanol–water partition coefficient (Wildman–Crippen LogP) is 3.78. The molecule has 0 aliphatic heterocycles. The van der Waals surface area contributed by atoms with Gasteiger partial charge in [-0.05, 0) is 30.7 Å². The van der Waals surface area contributed by atoms with Crippen molar-refractivity contribution in [3.05, 3.63) is 71.4 Å². The van der Waals surface area contributed by atoms with E-state index >= 15 is 0 Å². The van der Waals surface area contributed by atoms with Crippen molar-refractivity contribution in [2.45, 2.75) is 13.0 Å². The molecule has 0 bridgehead atoms. The molecule has 0 saturated carbocycles. The zero-order chi connectivity index (χ0) is 14.7. The van der Waals surface area contributed by atoms with Gasteiger partial charge in [0.25, 0.3) is 0 Å². The molecule has 108 valence electrons. The minimum atomic E-state index is -0.800. The van der Waals surface area contributed by atoms with E-state index < -0.39 is 11.6 Å². The maximum absolute atomic E-state index is 13.5. The third-order valence-corrected chi connectivity index (χ3v) is 3.59. The molecule has 2 N–H and O–H groups in total. The Morgan fingerprint density at radius 3 is 2.71 bits per heavy atom. The van der Waals surface area contributed by atoms with Gasteiger partial charge in [-0.25, -0.2) is 8.78 Å². The Bertz CT molecular complexity index is 749. The van der Waals surface area contributed by atoms with Gasteiger partial charge in [0.15, 0.2) is 11.6 Å². The summed E-state index contributed by atoms with van der Waals surface area (Å²) in [7, 11) is 0. The molecule has 0 spiro atoms. The standard InChI is InChI=1S/C17H16F2N2/c18-15-6-3-4-13(17(15)19)10-20-9-8-12-11-21-16-7-2-1-5-14(12)16/h1-7,11,20-21H,8-10H2. The molecule has 21 heavy (non-hydrogen) atoms. The summed E-state index contributed by atoms with van der Waals surface area (Å²) in [6, 6.07) is 12.4. The molecule has 0 amide bonds. The Balaban J connectivity index is 1.58. The zero-order valence-electron chi connectivity index (χ0n) is 11.5. The Morgan fingerprint density at radius 2 is 1.81 bits per heavy atom. The van der Waals surface area contributed by atoms with Gasteiger partial charge in [0.2, 0.25) is 0 Å². The number of H-pyrrole nitrogens is 1. The molecular weight excluding hydrogens is 270 g/mol. The third kappa shape index (κ3) is 2.95. The number of rotatable bonds is 5. The van der Waals surface area contributed by atoms with Gasteiger partial charge in [0.05, 0.1) is 0 Å². The summed E-state index contributed by atoms with van der Waals surface area (Å²) < 4.78 is 26.6. The van der Waals surface area contributed by atoms with Crippen LogP contribution in [0.4, 0.5) is 8.78 Å². The molecule has 0 saturated heterocycles. The van der Waals surface area contributed by atoms with Crippen molar-refractivity contribution in [3.63, 3.8) is 0 Å². The van der Waals surface area contributed by atoms with Crippen LogP contribution in [0.3, 0.4) is 0 Å². The number of benzene rings is 2. The second kappa shape index (κ2) is 6.06. The van der Waals surface area contributed by atoms with Gasteiger partial charge in [0.1, 0.15) is 0 Å². The molecule has 0 radical (unpaired) electrons. The minimum absolute atomic E-state index is 0.325. The number of halogens is 2. The van der Waals surface area contributed by atoms with Crippen LogP contribution >= 0.6 is 0 Å². The number of hydrogen-bond acceptors (Lipinski definition) is 1. The van der Waals surface area contributed by atoms with E-state index in [-0.39, 0.29) is 0 Å². The highest BCUT2D eigenvalue weighted by atomic mass is 19.2. The maximum Gasteiger partial charge on any atom is 0.163 e. The fourth-order valence-corrected chi connectivity index (χ4v) is 2.47. The highest BCUT2D eigenvalue weighted by Gasteiger charge is 2.07. The lowest BCUT2D eigenvalue weighted by atomic mass is 10.1. The number of para-hydroxylation sites is 1. The van der Waals surface area contributed by atoms with Crippen molar-refractivity contribution in [2.75, 3.05) is 6.54 Å². The van der Waals surface area contributed by atoms with Crippen LogP contribution in [-0.2, 0) is 13.0 Å². The van der Waals surface area contributed by atoms with Crippen molar-refractivity contribution in [3.8, 4) is 0 Å². The van der Waals surface area contributed by atoms with E-state index in [1.54, 1.807) is 6.07 Å². The highest BCUT2D eigenvalue weighted by molar-refractivity contribution is 5.83. The van der Waals surface area contributed by atoms with Crippen molar-refractivity contribution in [1.82, 2.24) is 10.3 Å². The molecule has 0 unspecified atom stereocenters. The third-order valence-electron chi connectivity index (χ3n) is 3.59. The first-order valence-electron chi connectivity index (χ1n) is 6.94. The van der Waals surface area contributed by atoms with E-state index in [2.05, 4.69) is 16.4 Å². The van der Waals surface area contributed by atoms with Crippen LogP contribution in [0.15, 0.2) is 48.7 Å². The first-order valence-corrected chi connectivity index (χ1v) is 6.94. The number of aromatic nitrogens is 1. The fourth-order valence-electron chi connectivity index (χ4n) is 2.47. The van der Waals surface area contributed by atoms with Crippen molar-refractivity contribution in [1.29, 1.82) is 0 Å². The Morgan fingerprint density at radius 1 is 0.952 bits per heavy atom. The number of fused-ring (bicyclic) bond motifs is 1. The molecule has 1 heterocycles. The second-order valence-electron chi connectivity index (χ2n) is 5.00. The molecule has 1 aromatic heterocycles. The van der Waals surface area contributed by atoms with Gasteiger partial charge in [-0.15, -0.1) is 0 Å². The number of nitrogens with one attached hydrogen (secondary N) is 2. The second-order valence-corrected chi connectivity index (χ2v) is 5.00. The number of aromatic amines is 1. The van der Waals surface area contributed by atoms with E-state index in [4.69, 9.17) is 0 Å². The van der Waals surface area contributed by atoms with E-state index in [9.17, 15) is 8.78 Å². The largest absolute Gasteiger partial charge is 0.361 e. The minimum Gasteiger partial charge on any atom is -0.361 e. The molecule has 0 aliphatic rings. The van der Waals surface area contributed by atoms with Crippen molar-refractivity contribution < 1.29 is 8.78 Å². The Labute approximate surface area is 121 Å². The van der Waals surface area contributed by atoms with Crippen LogP contribution < -0.4 is 5.32 Å². The van der Waals surface area contributed by atoms with Crippen LogP contribution in [0.2, 0.25) is 0 Å².